The lowest BCUT2D eigenvalue weighted by molar-refractivity contribution is -0.167. The summed E-state index contributed by atoms with van der Waals surface area (Å²) in [7, 11) is 0. The highest BCUT2D eigenvalue weighted by Crippen LogP contribution is 2.14. The zero-order chi connectivity index (χ0) is 47.9. The lowest BCUT2D eigenvalue weighted by atomic mass is 10.1. The maximum absolute atomic E-state index is 12.8. The molecule has 0 N–H and O–H groups in total. The highest BCUT2D eigenvalue weighted by atomic mass is 16.6. The molecular weight excluding hydrogens is 817 g/mol. The van der Waals surface area contributed by atoms with Crippen molar-refractivity contribution in [3.8, 4) is 0 Å². The quantitative estimate of drug-likeness (QED) is 0.0262. The summed E-state index contributed by atoms with van der Waals surface area (Å²) in [5.74, 6) is -0.918. The molecule has 0 spiro atoms. The number of allylic oxidation sites excluding steroid dienone is 14. The average molecular weight is 919 g/mol. The van der Waals surface area contributed by atoms with Crippen molar-refractivity contribution in [1.29, 1.82) is 0 Å². The fraction of sp³-hybridized carbons (Fsp3) is 0.717. The molecule has 0 saturated carbocycles. The van der Waals surface area contributed by atoms with E-state index in [0.29, 0.717) is 19.3 Å². The van der Waals surface area contributed by atoms with Crippen molar-refractivity contribution in [2.45, 2.75) is 264 Å². The first kappa shape index (κ1) is 62.6. The Kier molecular flexibility index (Phi) is 51.4. The molecule has 0 rings (SSSR count). The second-order valence-corrected chi connectivity index (χ2v) is 18.1. The summed E-state index contributed by atoms with van der Waals surface area (Å²) >= 11 is 0. The molecule has 0 saturated heterocycles. The van der Waals surface area contributed by atoms with Gasteiger partial charge in [-0.3, -0.25) is 14.4 Å². The summed E-state index contributed by atoms with van der Waals surface area (Å²) in [6.45, 7) is 6.47. The maximum Gasteiger partial charge on any atom is 0.306 e. The number of ether oxygens (including phenoxy) is 3. The van der Waals surface area contributed by atoms with Crippen LogP contribution in [-0.4, -0.2) is 37.2 Å². The smallest absolute Gasteiger partial charge is 0.306 e. The monoisotopic (exact) mass is 919 g/mol. The molecule has 1 unspecified atom stereocenters. The SMILES string of the molecule is CC/C=C\C/C=C\C/C=C\C/C=C\C/C=C\C/C=C\CCCCCCC(=O)OCC(COC(=O)CCCCCCCCCC)OC(=O)CCCCCCCCC/C=C\CCCCCCCC. The van der Waals surface area contributed by atoms with Crippen LogP contribution < -0.4 is 0 Å². The Hall–Kier alpha value is -3.41. The Morgan fingerprint density at radius 3 is 0.939 bits per heavy atom. The molecule has 0 aromatic carbocycles. The largest absolute Gasteiger partial charge is 0.462 e. The van der Waals surface area contributed by atoms with Crippen LogP contribution in [0.1, 0.15) is 258 Å². The minimum Gasteiger partial charge on any atom is -0.462 e. The van der Waals surface area contributed by atoms with Gasteiger partial charge in [-0.15, -0.1) is 0 Å². The predicted molar refractivity (Wildman–Crippen MR) is 284 cm³/mol. The molecule has 0 heterocycles. The fourth-order valence-electron chi connectivity index (χ4n) is 7.50. The van der Waals surface area contributed by atoms with E-state index < -0.39 is 6.10 Å². The Bertz CT molecular complexity index is 1290. The third-order valence-corrected chi connectivity index (χ3v) is 11.6. The van der Waals surface area contributed by atoms with Crippen LogP contribution in [0.3, 0.4) is 0 Å². The van der Waals surface area contributed by atoms with Crippen LogP contribution in [0.5, 0.6) is 0 Å². The van der Waals surface area contributed by atoms with Gasteiger partial charge in [0, 0.05) is 19.3 Å². The van der Waals surface area contributed by atoms with Crippen LogP contribution in [0.25, 0.3) is 0 Å². The number of hydrogen-bond donors (Lipinski definition) is 0. The zero-order valence-corrected chi connectivity index (χ0v) is 43.2. The molecule has 0 amide bonds. The van der Waals surface area contributed by atoms with Crippen LogP contribution >= 0.6 is 0 Å². The van der Waals surface area contributed by atoms with Gasteiger partial charge in [-0.2, -0.15) is 0 Å². The van der Waals surface area contributed by atoms with E-state index in [9.17, 15) is 14.4 Å². The molecule has 0 aliphatic heterocycles. The van der Waals surface area contributed by atoms with Crippen molar-refractivity contribution in [3.63, 3.8) is 0 Å². The van der Waals surface area contributed by atoms with Gasteiger partial charge in [0.25, 0.3) is 0 Å². The summed E-state index contributed by atoms with van der Waals surface area (Å²) in [5.41, 5.74) is 0. The number of carbonyl (C=O) groups excluding carboxylic acids is 3. The van der Waals surface area contributed by atoms with E-state index >= 15 is 0 Å². The highest BCUT2D eigenvalue weighted by molar-refractivity contribution is 5.71. The maximum atomic E-state index is 12.8. The van der Waals surface area contributed by atoms with E-state index in [1.807, 2.05) is 0 Å². The Morgan fingerprint density at radius 1 is 0.318 bits per heavy atom. The number of hydrogen-bond acceptors (Lipinski definition) is 6. The van der Waals surface area contributed by atoms with E-state index in [0.717, 1.165) is 109 Å². The predicted octanol–water partition coefficient (Wildman–Crippen LogP) is 18.4. The normalized spacial score (nSPS) is 12.7. The molecule has 6 nitrogen and oxygen atoms in total. The van der Waals surface area contributed by atoms with Crippen molar-refractivity contribution >= 4 is 17.9 Å². The summed E-state index contributed by atoms with van der Waals surface area (Å²) in [4.78, 5) is 37.9. The van der Waals surface area contributed by atoms with Gasteiger partial charge in [0.2, 0.25) is 0 Å². The van der Waals surface area contributed by atoms with Gasteiger partial charge in [-0.1, -0.05) is 228 Å². The summed E-state index contributed by atoms with van der Waals surface area (Å²) in [6, 6.07) is 0. The standard InChI is InChI=1S/C60H102O6/c1-4-7-10-13-16-19-21-23-25-27-28-29-30-31-32-34-35-37-39-41-44-47-50-53-59(62)65-56-57(55-64-58(61)52-49-46-43-18-15-12-9-6-3)66-60(63)54-51-48-45-42-40-38-36-33-26-24-22-20-17-14-11-8-5-2/h7,10,16,19,23-26,28-29,31-32,35,37,57H,4-6,8-9,11-15,17-18,20-22,27,30,33-34,36,38-56H2,1-3H3/b10-7-,19-16-,25-23-,26-24-,29-28-,32-31-,37-35-. The van der Waals surface area contributed by atoms with Gasteiger partial charge >= 0.3 is 17.9 Å². The van der Waals surface area contributed by atoms with Crippen molar-refractivity contribution in [2.24, 2.45) is 0 Å². The van der Waals surface area contributed by atoms with Gasteiger partial charge in [0.05, 0.1) is 0 Å². The average Bonchev–Trinajstić information content (AvgIpc) is 3.31. The van der Waals surface area contributed by atoms with E-state index in [2.05, 4.69) is 106 Å². The molecule has 0 bridgehead atoms. The van der Waals surface area contributed by atoms with Gasteiger partial charge in [0.15, 0.2) is 6.10 Å². The van der Waals surface area contributed by atoms with Crippen LogP contribution in [-0.2, 0) is 28.6 Å². The molecule has 0 aliphatic carbocycles. The second-order valence-electron chi connectivity index (χ2n) is 18.1. The van der Waals surface area contributed by atoms with E-state index in [-0.39, 0.29) is 31.1 Å². The Balaban J connectivity index is 4.32. The molecule has 1 atom stereocenters. The second kappa shape index (κ2) is 54.2. The number of unbranched alkanes of at least 4 members (excludes halogenated alkanes) is 24. The van der Waals surface area contributed by atoms with Gasteiger partial charge in [-0.05, 0) is 96.3 Å². The Morgan fingerprint density at radius 2 is 0.591 bits per heavy atom. The number of esters is 3. The van der Waals surface area contributed by atoms with E-state index in [1.165, 1.54) is 109 Å². The van der Waals surface area contributed by atoms with Crippen molar-refractivity contribution in [3.05, 3.63) is 85.1 Å². The first-order valence-electron chi connectivity index (χ1n) is 27.6. The zero-order valence-electron chi connectivity index (χ0n) is 43.2. The molecule has 6 heteroatoms. The highest BCUT2D eigenvalue weighted by Gasteiger charge is 2.19. The third-order valence-electron chi connectivity index (χ3n) is 11.6. The molecule has 0 fully saturated rings. The van der Waals surface area contributed by atoms with Gasteiger partial charge < -0.3 is 14.2 Å². The van der Waals surface area contributed by atoms with Crippen LogP contribution in [0.2, 0.25) is 0 Å². The molecule has 66 heavy (non-hydrogen) atoms. The first-order valence-corrected chi connectivity index (χ1v) is 27.6. The first-order chi connectivity index (χ1) is 32.5. The fourth-order valence-corrected chi connectivity index (χ4v) is 7.50. The lowest BCUT2D eigenvalue weighted by Crippen LogP contribution is -2.30. The van der Waals surface area contributed by atoms with Crippen molar-refractivity contribution in [1.82, 2.24) is 0 Å². The minimum atomic E-state index is -0.787. The number of carbonyl (C=O) groups is 3. The Labute approximate surface area is 407 Å². The summed E-state index contributed by atoms with van der Waals surface area (Å²) < 4.78 is 16.8. The van der Waals surface area contributed by atoms with Gasteiger partial charge in [-0.25, -0.2) is 0 Å². The molecule has 0 aromatic heterocycles. The van der Waals surface area contributed by atoms with E-state index in [4.69, 9.17) is 14.2 Å². The molecular formula is C60H102O6. The minimum absolute atomic E-state index is 0.0856. The van der Waals surface area contributed by atoms with Crippen molar-refractivity contribution < 1.29 is 28.6 Å². The molecule has 0 aromatic rings. The van der Waals surface area contributed by atoms with Gasteiger partial charge in [0.1, 0.15) is 13.2 Å². The third kappa shape index (κ3) is 51.6. The molecule has 0 radical (unpaired) electrons. The summed E-state index contributed by atoms with van der Waals surface area (Å²) in [6.07, 6.45) is 70.1. The van der Waals surface area contributed by atoms with Crippen LogP contribution in [0.15, 0.2) is 85.1 Å². The molecule has 378 valence electrons. The van der Waals surface area contributed by atoms with Crippen LogP contribution in [0, 0.1) is 0 Å². The number of rotatable bonds is 49. The van der Waals surface area contributed by atoms with Crippen LogP contribution in [0.4, 0.5) is 0 Å². The van der Waals surface area contributed by atoms with E-state index in [1.54, 1.807) is 0 Å². The lowest BCUT2D eigenvalue weighted by Gasteiger charge is -2.18. The topological polar surface area (TPSA) is 78.9 Å². The molecule has 0 aliphatic rings. The summed E-state index contributed by atoms with van der Waals surface area (Å²) in [5, 5.41) is 0. The van der Waals surface area contributed by atoms with Crippen molar-refractivity contribution in [2.75, 3.05) is 13.2 Å².